The van der Waals surface area contributed by atoms with Crippen LogP contribution >= 0.6 is 23.4 Å². The summed E-state index contributed by atoms with van der Waals surface area (Å²) in [6.45, 7) is 0.419. The van der Waals surface area contributed by atoms with Gasteiger partial charge in [0.05, 0.1) is 0 Å². The van der Waals surface area contributed by atoms with Crippen LogP contribution in [0.5, 0.6) is 0 Å². The van der Waals surface area contributed by atoms with Gasteiger partial charge in [-0.1, -0.05) is 78.0 Å². The molecule has 1 aliphatic rings. The topological polar surface area (TPSA) is 68.3 Å². The number of ether oxygens (including phenoxy) is 1. The molecule has 0 saturated heterocycles. The number of nitrogens with zero attached hydrogens (tertiary/aromatic N) is 1. The molecule has 3 aromatic carbocycles. The van der Waals surface area contributed by atoms with Crippen LogP contribution in [0.1, 0.15) is 33.0 Å². The second-order valence-electron chi connectivity index (χ2n) is 8.01. The number of hydrogen-bond donors (Lipinski definition) is 1. The van der Waals surface area contributed by atoms with Crippen LogP contribution in [0.25, 0.3) is 11.1 Å². The first-order valence-corrected chi connectivity index (χ1v) is 12.3. The molecule has 174 valence electrons. The summed E-state index contributed by atoms with van der Waals surface area (Å²) < 4.78 is 5.64. The number of rotatable bonds is 7. The maximum absolute atomic E-state index is 12.6. The molecule has 7 heteroatoms. The first-order valence-electron chi connectivity index (χ1n) is 11.1. The highest BCUT2D eigenvalue weighted by Crippen LogP contribution is 2.44. The smallest absolute Gasteiger partial charge is 0.407 e. The van der Waals surface area contributed by atoms with Crippen molar-refractivity contribution >= 4 is 35.7 Å². The van der Waals surface area contributed by atoms with E-state index in [0.29, 0.717) is 15.6 Å². The van der Waals surface area contributed by atoms with E-state index in [9.17, 15) is 9.59 Å². The minimum Gasteiger partial charge on any atom is -0.449 e. The molecule has 1 aromatic heterocycles. The zero-order valence-electron chi connectivity index (χ0n) is 18.6. The number of fused-ring (bicyclic) bond motifs is 3. The van der Waals surface area contributed by atoms with Crippen LogP contribution in [0, 0.1) is 0 Å². The molecule has 1 amide bonds. The molecular weight excluding hydrogens is 480 g/mol. The van der Waals surface area contributed by atoms with Crippen LogP contribution in [0.4, 0.5) is 4.79 Å². The predicted molar refractivity (Wildman–Crippen MR) is 137 cm³/mol. The van der Waals surface area contributed by atoms with E-state index in [4.69, 9.17) is 16.3 Å². The summed E-state index contributed by atoms with van der Waals surface area (Å²) in [4.78, 5) is 29.1. The van der Waals surface area contributed by atoms with Gasteiger partial charge in [0.1, 0.15) is 11.6 Å². The van der Waals surface area contributed by atoms with Gasteiger partial charge >= 0.3 is 6.09 Å². The van der Waals surface area contributed by atoms with Gasteiger partial charge in [-0.3, -0.25) is 4.79 Å². The highest BCUT2D eigenvalue weighted by Gasteiger charge is 2.29. The van der Waals surface area contributed by atoms with Crippen molar-refractivity contribution in [2.75, 3.05) is 6.61 Å². The van der Waals surface area contributed by atoms with Crippen LogP contribution in [0.2, 0.25) is 5.02 Å². The van der Waals surface area contributed by atoms with Crippen LogP contribution in [-0.2, 0) is 11.3 Å². The summed E-state index contributed by atoms with van der Waals surface area (Å²) in [6.07, 6.45) is 1.89. The number of aromatic nitrogens is 1. The average Bonchev–Trinajstić information content (AvgIpc) is 3.21. The molecule has 35 heavy (non-hydrogen) atoms. The maximum atomic E-state index is 12.6. The van der Waals surface area contributed by atoms with Crippen molar-refractivity contribution in [3.63, 3.8) is 0 Å². The summed E-state index contributed by atoms with van der Waals surface area (Å²) in [7, 11) is 0. The molecule has 0 aliphatic heterocycles. The van der Waals surface area contributed by atoms with Gasteiger partial charge in [0.2, 0.25) is 0 Å². The Kier molecular flexibility index (Phi) is 6.84. The molecule has 0 atom stereocenters. The monoisotopic (exact) mass is 500 g/mol. The van der Waals surface area contributed by atoms with Gasteiger partial charge < -0.3 is 10.1 Å². The van der Waals surface area contributed by atoms with E-state index in [1.807, 2.05) is 36.4 Å². The van der Waals surface area contributed by atoms with E-state index in [2.05, 4.69) is 34.6 Å². The second kappa shape index (κ2) is 10.3. The molecule has 0 fully saturated rings. The molecule has 0 saturated carbocycles. The number of carbonyl (C=O) groups excluding carboxylic acids is 2. The molecule has 5 rings (SSSR count). The molecule has 1 N–H and O–H groups in total. The van der Waals surface area contributed by atoms with E-state index >= 15 is 0 Å². The highest BCUT2D eigenvalue weighted by molar-refractivity contribution is 7.99. The summed E-state index contributed by atoms with van der Waals surface area (Å²) in [5, 5.41) is 3.91. The van der Waals surface area contributed by atoms with Crippen molar-refractivity contribution in [2.24, 2.45) is 0 Å². The maximum Gasteiger partial charge on any atom is 0.407 e. The summed E-state index contributed by atoms with van der Waals surface area (Å²) in [5.41, 5.74) is 5.90. The Labute approximate surface area is 212 Å². The number of carbonyl (C=O) groups is 2. The first-order chi connectivity index (χ1) is 17.2. The Morgan fingerprint density at radius 1 is 0.971 bits per heavy atom. The number of aldehydes is 1. The lowest BCUT2D eigenvalue weighted by atomic mass is 9.98. The molecule has 0 bridgehead atoms. The molecule has 1 heterocycles. The predicted octanol–water partition coefficient (Wildman–Crippen LogP) is 6.74. The molecule has 0 radical (unpaired) electrons. The minimum absolute atomic E-state index is 0.00880. The minimum atomic E-state index is -0.519. The Hall–Kier alpha value is -3.61. The number of halogens is 1. The largest absolute Gasteiger partial charge is 0.449 e. The molecule has 5 nitrogen and oxygen atoms in total. The average molecular weight is 501 g/mol. The lowest BCUT2D eigenvalue weighted by Crippen LogP contribution is -2.26. The van der Waals surface area contributed by atoms with Crippen molar-refractivity contribution in [3.05, 3.63) is 112 Å². The van der Waals surface area contributed by atoms with Gasteiger partial charge in [-0.05, 0) is 46.5 Å². The summed E-state index contributed by atoms with van der Waals surface area (Å²) in [6, 6.07) is 25.3. The van der Waals surface area contributed by atoms with Gasteiger partial charge in [-0.15, -0.1) is 0 Å². The number of nitrogens with one attached hydrogen (secondary N) is 1. The summed E-state index contributed by atoms with van der Waals surface area (Å²) >= 11 is 7.78. The third-order valence-electron chi connectivity index (χ3n) is 5.96. The zero-order chi connectivity index (χ0) is 24.2. The van der Waals surface area contributed by atoms with E-state index in [1.54, 1.807) is 24.4 Å². The normalized spacial score (nSPS) is 12.0. The fraction of sp³-hybridized carbons (Fsp3) is 0.107. The molecular formula is C28H21ClN2O3S. The van der Waals surface area contributed by atoms with Crippen molar-refractivity contribution < 1.29 is 14.3 Å². The van der Waals surface area contributed by atoms with Crippen LogP contribution in [0.15, 0.2) is 95.0 Å². The Balaban J connectivity index is 1.27. The number of hydrogen-bond acceptors (Lipinski definition) is 5. The van der Waals surface area contributed by atoms with Gasteiger partial charge in [0, 0.05) is 39.7 Å². The molecule has 0 spiro atoms. The lowest BCUT2D eigenvalue weighted by Gasteiger charge is -2.16. The van der Waals surface area contributed by atoms with Crippen LogP contribution < -0.4 is 5.32 Å². The SMILES string of the molecule is O=Cc1cccnc1Sc1cccc(Cl)c1CNC(=O)OCC1c2ccccc2-c2ccccc21. The molecule has 0 unspecified atom stereocenters. The van der Waals surface area contributed by atoms with E-state index in [-0.39, 0.29) is 19.1 Å². The van der Waals surface area contributed by atoms with Crippen LogP contribution in [-0.4, -0.2) is 24.0 Å². The van der Waals surface area contributed by atoms with Gasteiger partial charge in [-0.25, -0.2) is 9.78 Å². The first kappa shape index (κ1) is 23.1. The standard InChI is InChI=1S/C28H21ClN2O3S/c29-25-12-5-13-26(35-27-18(16-32)7-6-14-30-27)23(25)15-31-28(33)34-17-24-21-10-3-1-8-19(21)20-9-2-4-11-22(20)24/h1-14,16,24H,15,17H2,(H,31,33). The lowest BCUT2D eigenvalue weighted by molar-refractivity contribution is 0.112. The second-order valence-corrected chi connectivity index (χ2v) is 9.45. The number of pyridine rings is 1. The summed E-state index contributed by atoms with van der Waals surface area (Å²) in [5.74, 6) is -0.00880. The fourth-order valence-electron chi connectivity index (χ4n) is 4.30. The zero-order valence-corrected chi connectivity index (χ0v) is 20.2. The number of amides is 1. The van der Waals surface area contributed by atoms with Crippen molar-refractivity contribution in [1.82, 2.24) is 10.3 Å². The van der Waals surface area contributed by atoms with E-state index in [1.165, 1.54) is 22.9 Å². The van der Waals surface area contributed by atoms with Crippen molar-refractivity contribution in [2.45, 2.75) is 22.4 Å². The molecule has 1 aliphatic carbocycles. The van der Waals surface area contributed by atoms with Crippen LogP contribution in [0.3, 0.4) is 0 Å². The van der Waals surface area contributed by atoms with Gasteiger partial charge in [-0.2, -0.15) is 0 Å². The third kappa shape index (κ3) is 4.81. The Morgan fingerprint density at radius 2 is 1.69 bits per heavy atom. The quantitative estimate of drug-likeness (QED) is 0.285. The van der Waals surface area contributed by atoms with Crippen molar-refractivity contribution in [1.29, 1.82) is 0 Å². The Morgan fingerprint density at radius 3 is 2.40 bits per heavy atom. The van der Waals surface area contributed by atoms with Gasteiger partial charge in [0.15, 0.2) is 6.29 Å². The third-order valence-corrected chi connectivity index (χ3v) is 7.45. The number of alkyl carbamates (subject to hydrolysis) is 1. The Bertz CT molecular complexity index is 1360. The van der Waals surface area contributed by atoms with E-state index in [0.717, 1.165) is 27.9 Å². The van der Waals surface area contributed by atoms with Crippen molar-refractivity contribution in [3.8, 4) is 11.1 Å². The fourth-order valence-corrected chi connectivity index (χ4v) is 5.60. The van der Waals surface area contributed by atoms with Gasteiger partial charge in [0.25, 0.3) is 0 Å². The van der Waals surface area contributed by atoms with E-state index < -0.39 is 6.09 Å². The number of benzene rings is 3. The highest BCUT2D eigenvalue weighted by atomic mass is 35.5. The molecule has 4 aromatic rings.